The van der Waals surface area contributed by atoms with Gasteiger partial charge in [-0.05, 0) is 6.92 Å². The highest BCUT2D eigenvalue weighted by Crippen LogP contribution is 2.19. The van der Waals surface area contributed by atoms with Crippen LogP contribution in [0, 0.1) is 12.8 Å². The first-order valence-electron chi connectivity index (χ1n) is 7.03. The van der Waals surface area contributed by atoms with Gasteiger partial charge in [0.05, 0.1) is 6.07 Å². The Morgan fingerprint density at radius 1 is 1.35 bits per heavy atom. The number of likely N-dealkylation sites (tertiary alicyclic amines) is 1. The van der Waals surface area contributed by atoms with Crippen molar-refractivity contribution in [2.24, 2.45) is 5.92 Å². The zero-order chi connectivity index (χ0) is 14.7. The fourth-order valence-electron chi connectivity index (χ4n) is 2.40. The quantitative estimate of drug-likeness (QED) is 0.848. The van der Waals surface area contributed by atoms with Crippen LogP contribution in [0.4, 0.5) is 0 Å². The third-order valence-electron chi connectivity index (χ3n) is 3.42. The molecule has 0 aliphatic carbocycles. The first-order chi connectivity index (χ1) is 9.45. The molecule has 1 aliphatic rings. The lowest BCUT2D eigenvalue weighted by atomic mass is 10.1. The molecule has 1 amide bonds. The van der Waals surface area contributed by atoms with Crippen LogP contribution in [0.15, 0.2) is 21.3 Å². The third kappa shape index (κ3) is 3.62. The molecule has 0 N–H and O–H groups in total. The second kappa shape index (κ2) is 6.11. The number of rotatable bonds is 3. The summed E-state index contributed by atoms with van der Waals surface area (Å²) in [4.78, 5) is 25.0. The summed E-state index contributed by atoms with van der Waals surface area (Å²) >= 11 is 0. The van der Waals surface area contributed by atoms with E-state index in [1.807, 2.05) is 18.7 Å². The van der Waals surface area contributed by atoms with Crippen molar-refractivity contribution in [2.75, 3.05) is 13.1 Å². The molecule has 1 fully saturated rings. The van der Waals surface area contributed by atoms with Crippen LogP contribution in [0.5, 0.6) is 5.75 Å². The van der Waals surface area contributed by atoms with Gasteiger partial charge < -0.3 is 14.1 Å². The predicted molar refractivity (Wildman–Crippen MR) is 74.8 cm³/mol. The SMILES string of the molecule is Cc1cc(OC2CCN(C(=O)C(C)C)CC2)cc(=O)o1. The van der Waals surface area contributed by atoms with Gasteiger partial charge in [0, 0.05) is 37.9 Å². The van der Waals surface area contributed by atoms with Gasteiger partial charge in [-0.1, -0.05) is 13.8 Å². The van der Waals surface area contributed by atoms with Gasteiger partial charge in [-0.2, -0.15) is 0 Å². The second-order valence-electron chi connectivity index (χ2n) is 5.52. The molecule has 20 heavy (non-hydrogen) atoms. The summed E-state index contributed by atoms with van der Waals surface area (Å²) in [5.74, 6) is 1.32. The van der Waals surface area contributed by atoms with Crippen LogP contribution in [0.2, 0.25) is 0 Å². The Morgan fingerprint density at radius 3 is 2.55 bits per heavy atom. The zero-order valence-corrected chi connectivity index (χ0v) is 12.2. The van der Waals surface area contributed by atoms with Crippen molar-refractivity contribution < 1.29 is 13.9 Å². The van der Waals surface area contributed by atoms with E-state index in [-0.39, 0.29) is 17.9 Å². The molecule has 110 valence electrons. The van der Waals surface area contributed by atoms with Crippen molar-refractivity contribution in [3.8, 4) is 5.75 Å². The third-order valence-corrected chi connectivity index (χ3v) is 3.42. The van der Waals surface area contributed by atoms with Crippen molar-refractivity contribution >= 4 is 5.91 Å². The highest BCUT2D eigenvalue weighted by molar-refractivity contribution is 5.78. The Morgan fingerprint density at radius 2 is 2.00 bits per heavy atom. The van der Waals surface area contributed by atoms with Gasteiger partial charge in [0.2, 0.25) is 5.91 Å². The first kappa shape index (κ1) is 14.6. The summed E-state index contributed by atoms with van der Waals surface area (Å²) in [6.45, 7) is 6.97. The first-order valence-corrected chi connectivity index (χ1v) is 7.03. The standard InChI is InChI=1S/C15H21NO4/c1-10(2)15(18)16-6-4-12(5-7-16)20-13-8-11(3)19-14(17)9-13/h8-10,12H,4-7H2,1-3H3. The molecule has 1 aliphatic heterocycles. The normalized spacial score (nSPS) is 16.5. The van der Waals surface area contributed by atoms with Crippen molar-refractivity contribution in [3.05, 3.63) is 28.3 Å². The van der Waals surface area contributed by atoms with Crippen LogP contribution in [0.1, 0.15) is 32.4 Å². The molecule has 0 aromatic carbocycles. The molecule has 0 atom stereocenters. The number of aryl methyl sites for hydroxylation is 1. The number of hydrogen-bond acceptors (Lipinski definition) is 4. The lowest BCUT2D eigenvalue weighted by Gasteiger charge is -2.33. The maximum atomic E-state index is 11.9. The maximum absolute atomic E-state index is 11.9. The topological polar surface area (TPSA) is 59.8 Å². The molecule has 0 unspecified atom stereocenters. The van der Waals surface area contributed by atoms with Gasteiger partial charge in [0.15, 0.2) is 0 Å². The molecule has 1 aromatic heterocycles. The number of amides is 1. The molecule has 5 heteroatoms. The average molecular weight is 279 g/mol. The van der Waals surface area contributed by atoms with E-state index in [1.54, 1.807) is 13.0 Å². The molecule has 5 nitrogen and oxygen atoms in total. The largest absolute Gasteiger partial charge is 0.490 e. The molecule has 2 heterocycles. The van der Waals surface area contributed by atoms with E-state index in [0.29, 0.717) is 24.6 Å². The molecule has 1 saturated heterocycles. The average Bonchev–Trinajstić information content (AvgIpc) is 2.37. The lowest BCUT2D eigenvalue weighted by molar-refractivity contribution is -0.136. The molecule has 2 rings (SSSR count). The summed E-state index contributed by atoms with van der Waals surface area (Å²) in [5.41, 5.74) is -0.396. The van der Waals surface area contributed by atoms with E-state index in [1.165, 1.54) is 6.07 Å². The van der Waals surface area contributed by atoms with Gasteiger partial charge in [0.1, 0.15) is 17.6 Å². The Bertz CT molecular complexity index is 527. The van der Waals surface area contributed by atoms with E-state index < -0.39 is 5.63 Å². The van der Waals surface area contributed by atoms with Crippen LogP contribution >= 0.6 is 0 Å². The predicted octanol–water partition coefficient (Wildman–Crippen LogP) is 1.97. The highest BCUT2D eigenvalue weighted by Gasteiger charge is 2.25. The van der Waals surface area contributed by atoms with Crippen LogP contribution in [-0.2, 0) is 4.79 Å². The number of carbonyl (C=O) groups is 1. The van der Waals surface area contributed by atoms with Crippen molar-refractivity contribution in [3.63, 3.8) is 0 Å². The fourth-order valence-corrected chi connectivity index (χ4v) is 2.40. The fraction of sp³-hybridized carbons (Fsp3) is 0.600. The van der Waals surface area contributed by atoms with E-state index in [9.17, 15) is 9.59 Å². The van der Waals surface area contributed by atoms with Gasteiger partial charge >= 0.3 is 5.63 Å². The molecule has 1 aromatic rings. The minimum Gasteiger partial charge on any atom is -0.490 e. The van der Waals surface area contributed by atoms with Crippen LogP contribution < -0.4 is 10.4 Å². The summed E-state index contributed by atoms with van der Waals surface area (Å²) in [6, 6.07) is 3.08. The Hall–Kier alpha value is -1.78. The summed E-state index contributed by atoms with van der Waals surface area (Å²) < 4.78 is 10.7. The molecule has 0 spiro atoms. The van der Waals surface area contributed by atoms with E-state index in [4.69, 9.17) is 9.15 Å². The smallest absolute Gasteiger partial charge is 0.339 e. The van der Waals surface area contributed by atoms with Gasteiger partial charge in [0.25, 0.3) is 0 Å². The summed E-state index contributed by atoms with van der Waals surface area (Å²) in [6.07, 6.45) is 1.63. The van der Waals surface area contributed by atoms with Gasteiger partial charge in [-0.3, -0.25) is 4.79 Å². The van der Waals surface area contributed by atoms with Gasteiger partial charge in [-0.15, -0.1) is 0 Å². The van der Waals surface area contributed by atoms with Crippen LogP contribution in [0.3, 0.4) is 0 Å². The number of hydrogen-bond donors (Lipinski definition) is 0. The number of nitrogens with zero attached hydrogens (tertiary/aromatic N) is 1. The zero-order valence-electron chi connectivity index (χ0n) is 12.2. The number of carbonyl (C=O) groups excluding carboxylic acids is 1. The van der Waals surface area contributed by atoms with Crippen LogP contribution in [0.25, 0.3) is 0 Å². The summed E-state index contributed by atoms with van der Waals surface area (Å²) in [5, 5.41) is 0. The van der Waals surface area contributed by atoms with Crippen molar-refractivity contribution in [2.45, 2.75) is 39.7 Å². The minimum atomic E-state index is -0.396. The molecular formula is C15H21NO4. The Balaban J connectivity index is 1.91. The van der Waals surface area contributed by atoms with E-state index in [2.05, 4.69) is 0 Å². The lowest BCUT2D eigenvalue weighted by Crippen LogP contribution is -2.43. The summed E-state index contributed by atoms with van der Waals surface area (Å²) in [7, 11) is 0. The maximum Gasteiger partial charge on any atom is 0.339 e. The highest BCUT2D eigenvalue weighted by atomic mass is 16.5. The Labute approximate surface area is 118 Å². The van der Waals surface area contributed by atoms with Crippen molar-refractivity contribution in [1.82, 2.24) is 4.90 Å². The molecule has 0 saturated carbocycles. The molecular weight excluding hydrogens is 258 g/mol. The Kier molecular flexibility index (Phi) is 4.47. The van der Waals surface area contributed by atoms with Gasteiger partial charge in [-0.25, -0.2) is 4.79 Å². The van der Waals surface area contributed by atoms with E-state index in [0.717, 1.165) is 12.8 Å². The molecule has 0 bridgehead atoms. The van der Waals surface area contributed by atoms with E-state index >= 15 is 0 Å². The number of ether oxygens (including phenoxy) is 1. The second-order valence-corrected chi connectivity index (χ2v) is 5.52. The molecule has 0 radical (unpaired) electrons. The van der Waals surface area contributed by atoms with Crippen molar-refractivity contribution in [1.29, 1.82) is 0 Å². The number of piperidine rings is 1. The minimum absolute atomic E-state index is 0.0360. The van der Waals surface area contributed by atoms with Crippen LogP contribution in [-0.4, -0.2) is 30.0 Å². The monoisotopic (exact) mass is 279 g/mol.